The highest BCUT2D eigenvalue weighted by atomic mass is 32.2. The van der Waals surface area contributed by atoms with Gasteiger partial charge in [-0.1, -0.05) is 64.2 Å². The van der Waals surface area contributed by atoms with Gasteiger partial charge in [0.05, 0.1) is 0 Å². The van der Waals surface area contributed by atoms with Crippen LogP contribution in [-0.4, -0.2) is 46.5 Å². The third kappa shape index (κ3) is 4.47. The Morgan fingerprint density at radius 3 is 2.58 bits per heavy atom. The van der Waals surface area contributed by atoms with E-state index in [1.165, 1.54) is 12.8 Å². The van der Waals surface area contributed by atoms with Crippen LogP contribution in [0.25, 0.3) is 0 Å². The molecule has 2 heterocycles. The molecule has 168 valence electrons. The Hall–Kier alpha value is -2.02. The second kappa shape index (κ2) is 9.63. The van der Waals surface area contributed by atoms with Gasteiger partial charge in [0.2, 0.25) is 11.8 Å². The van der Waals surface area contributed by atoms with Crippen LogP contribution in [0.4, 0.5) is 0 Å². The number of benzene rings is 1. The molecule has 31 heavy (non-hydrogen) atoms. The van der Waals surface area contributed by atoms with Crippen LogP contribution >= 0.6 is 11.8 Å². The Morgan fingerprint density at radius 1 is 1.16 bits per heavy atom. The minimum absolute atomic E-state index is 0.0195. The molecule has 1 aromatic rings. The van der Waals surface area contributed by atoms with Crippen LogP contribution in [0.3, 0.4) is 0 Å². The minimum Gasteiger partial charge on any atom is -0.352 e. The van der Waals surface area contributed by atoms with Gasteiger partial charge in [-0.05, 0) is 30.4 Å². The lowest BCUT2D eigenvalue weighted by atomic mass is 9.97. The highest BCUT2D eigenvalue weighted by molar-refractivity contribution is 7.99. The highest BCUT2D eigenvalue weighted by Gasteiger charge is 2.48. The molecule has 7 heteroatoms. The number of carbonyl (C=O) groups is 3. The van der Waals surface area contributed by atoms with Crippen LogP contribution in [0.5, 0.6) is 0 Å². The first-order valence-corrected chi connectivity index (χ1v) is 12.7. The van der Waals surface area contributed by atoms with Gasteiger partial charge < -0.3 is 15.5 Å². The zero-order chi connectivity index (χ0) is 22.0. The second-order valence-corrected chi connectivity index (χ2v) is 10.2. The van der Waals surface area contributed by atoms with Crippen molar-refractivity contribution in [3.05, 3.63) is 35.4 Å². The lowest BCUT2D eigenvalue weighted by Gasteiger charge is -2.29. The van der Waals surface area contributed by atoms with Crippen molar-refractivity contribution in [2.24, 2.45) is 5.92 Å². The molecule has 1 saturated heterocycles. The number of amides is 3. The van der Waals surface area contributed by atoms with Gasteiger partial charge in [-0.2, -0.15) is 0 Å². The van der Waals surface area contributed by atoms with Crippen molar-refractivity contribution in [2.75, 3.05) is 5.75 Å². The van der Waals surface area contributed by atoms with E-state index in [4.69, 9.17) is 0 Å². The summed E-state index contributed by atoms with van der Waals surface area (Å²) >= 11 is 1.62. The summed E-state index contributed by atoms with van der Waals surface area (Å²) in [5.41, 5.74) is 1.67. The maximum absolute atomic E-state index is 13.3. The molecule has 4 atom stereocenters. The molecule has 2 fully saturated rings. The van der Waals surface area contributed by atoms with Crippen molar-refractivity contribution in [2.45, 2.75) is 82.3 Å². The van der Waals surface area contributed by atoms with E-state index < -0.39 is 12.1 Å². The third-order valence-electron chi connectivity index (χ3n) is 6.99. The van der Waals surface area contributed by atoms with Crippen LogP contribution in [0.2, 0.25) is 0 Å². The summed E-state index contributed by atoms with van der Waals surface area (Å²) in [6, 6.07) is 6.65. The van der Waals surface area contributed by atoms with E-state index in [-0.39, 0.29) is 35.1 Å². The predicted octanol–water partition coefficient (Wildman–Crippen LogP) is 3.63. The molecule has 3 aliphatic rings. The lowest BCUT2D eigenvalue weighted by molar-refractivity contribution is -0.132. The van der Waals surface area contributed by atoms with Crippen LogP contribution in [0.15, 0.2) is 24.3 Å². The Morgan fingerprint density at radius 2 is 1.87 bits per heavy atom. The first kappa shape index (κ1) is 22.2. The molecule has 0 radical (unpaired) electrons. The van der Waals surface area contributed by atoms with Crippen molar-refractivity contribution in [3.63, 3.8) is 0 Å². The zero-order valence-electron chi connectivity index (χ0n) is 18.4. The molecule has 1 aromatic carbocycles. The van der Waals surface area contributed by atoms with E-state index in [0.29, 0.717) is 11.3 Å². The fourth-order valence-corrected chi connectivity index (χ4v) is 6.37. The normalized spacial score (nSPS) is 25.4. The number of thioether (sulfide) groups is 1. The Labute approximate surface area is 188 Å². The van der Waals surface area contributed by atoms with E-state index in [2.05, 4.69) is 10.6 Å². The van der Waals surface area contributed by atoms with Crippen LogP contribution in [-0.2, 0) is 9.59 Å². The molecule has 4 rings (SSSR count). The van der Waals surface area contributed by atoms with E-state index in [1.54, 1.807) is 16.7 Å². The van der Waals surface area contributed by atoms with Crippen molar-refractivity contribution >= 4 is 29.5 Å². The van der Waals surface area contributed by atoms with E-state index in [9.17, 15) is 14.4 Å². The molecule has 2 aliphatic heterocycles. The second-order valence-electron chi connectivity index (χ2n) is 9.07. The van der Waals surface area contributed by atoms with Gasteiger partial charge in [-0.3, -0.25) is 14.4 Å². The maximum Gasteiger partial charge on any atom is 0.256 e. The van der Waals surface area contributed by atoms with Gasteiger partial charge in [0.25, 0.3) is 5.91 Å². The summed E-state index contributed by atoms with van der Waals surface area (Å²) in [7, 11) is 0. The first-order valence-electron chi connectivity index (χ1n) is 11.6. The monoisotopic (exact) mass is 443 g/mol. The lowest BCUT2D eigenvalue weighted by Crippen LogP contribution is -2.56. The number of hydrogen-bond donors (Lipinski definition) is 2. The van der Waals surface area contributed by atoms with Gasteiger partial charge in [-0.15, -0.1) is 11.8 Å². The van der Waals surface area contributed by atoms with Gasteiger partial charge in [0.1, 0.15) is 17.5 Å². The van der Waals surface area contributed by atoms with Gasteiger partial charge in [0.15, 0.2) is 0 Å². The summed E-state index contributed by atoms with van der Waals surface area (Å²) in [4.78, 5) is 41.0. The zero-order valence-corrected chi connectivity index (χ0v) is 19.2. The predicted molar refractivity (Wildman–Crippen MR) is 123 cm³/mol. The molecular weight excluding hydrogens is 410 g/mol. The number of nitrogens with zero attached hydrogens (tertiary/aromatic N) is 1. The summed E-state index contributed by atoms with van der Waals surface area (Å²) < 4.78 is 0. The molecule has 0 aromatic heterocycles. The fourth-order valence-electron chi connectivity index (χ4n) is 4.91. The van der Waals surface area contributed by atoms with Gasteiger partial charge >= 0.3 is 0 Å². The van der Waals surface area contributed by atoms with Crippen molar-refractivity contribution in [3.8, 4) is 0 Å². The maximum atomic E-state index is 13.3. The first-order chi connectivity index (χ1) is 15.0. The molecule has 0 bridgehead atoms. The van der Waals surface area contributed by atoms with Crippen molar-refractivity contribution in [1.82, 2.24) is 15.5 Å². The minimum atomic E-state index is -0.579. The Kier molecular flexibility index (Phi) is 6.89. The quantitative estimate of drug-likeness (QED) is 0.658. The average Bonchev–Trinajstić information content (AvgIpc) is 3.22. The van der Waals surface area contributed by atoms with Crippen molar-refractivity contribution in [1.29, 1.82) is 0 Å². The smallest absolute Gasteiger partial charge is 0.256 e. The standard InChI is InChI=1S/C24H33N3O3S/c1-3-15(2)20(22(29)25-16-10-6-4-5-7-11-16)26-21(28)19-14-31-24-18-13-9-8-12-17(18)23(30)27(19)24/h8-9,12-13,15-16,19-20,24H,3-7,10-11,14H2,1-2H3,(H,25,29)(H,26,28). The van der Waals surface area contributed by atoms with Gasteiger partial charge in [-0.25, -0.2) is 0 Å². The summed E-state index contributed by atoms with van der Waals surface area (Å²) in [6.45, 7) is 4.03. The molecule has 2 N–H and O–H groups in total. The van der Waals surface area contributed by atoms with Crippen LogP contribution in [0.1, 0.15) is 80.1 Å². The summed E-state index contributed by atoms with van der Waals surface area (Å²) in [6.07, 6.45) is 7.55. The summed E-state index contributed by atoms with van der Waals surface area (Å²) in [5.74, 6) is 0.165. The molecule has 4 unspecified atom stereocenters. The van der Waals surface area contributed by atoms with Gasteiger partial charge in [0, 0.05) is 17.4 Å². The molecule has 3 amide bonds. The molecule has 6 nitrogen and oxygen atoms in total. The Bertz CT molecular complexity index is 837. The summed E-state index contributed by atoms with van der Waals surface area (Å²) in [5, 5.41) is 6.11. The number of fused-ring (bicyclic) bond motifs is 3. The molecule has 0 spiro atoms. The van der Waals surface area contributed by atoms with Crippen molar-refractivity contribution < 1.29 is 14.4 Å². The Balaban J connectivity index is 1.44. The highest BCUT2D eigenvalue weighted by Crippen LogP contribution is 2.48. The number of hydrogen-bond acceptors (Lipinski definition) is 4. The van der Waals surface area contributed by atoms with E-state index in [1.807, 2.05) is 38.1 Å². The fraction of sp³-hybridized carbons (Fsp3) is 0.625. The average molecular weight is 444 g/mol. The van der Waals surface area contributed by atoms with E-state index >= 15 is 0 Å². The topological polar surface area (TPSA) is 78.5 Å². The third-order valence-corrected chi connectivity index (χ3v) is 8.29. The molecular formula is C24H33N3O3S. The van der Waals surface area contributed by atoms with Crippen LogP contribution in [0, 0.1) is 5.92 Å². The number of rotatable bonds is 6. The number of carbonyl (C=O) groups excluding carboxylic acids is 3. The van der Waals surface area contributed by atoms with E-state index in [0.717, 1.165) is 37.7 Å². The molecule has 1 saturated carbocycles. The molecule has 1 aliphatic carbocycles. The number of nitrogens with one attached hydrogen (secondary N) is 2. The largest absolute Gasteiger partial charge is 0.352 e. The SMILES string of the molecule is CCC(C)C(NC(=O)C1CSC2c3ccccc3C(=O)N12)C(=O)NC1CCCCCC1. The van der Waals surface area contributed by atoms with Crippen LogP contribution < -0.4 is 10.6 Å².